The molecule has 1 N–H and O–H groups in total. The number of carbonyl (C=O) groups excluding carboxylic acids is 3. The number of hydrogen-bond acceptors (Lipinski definition) is 9. The van der Waals surface area contributed by atoms with Crippen LogP contribution in [0.5, 0.6) is 0 Å². The van der Waals surface area contributed by atoms with Crippen LogP contribution in [0.4, 0.5) is 0 Å². The summed E-state index contributed by atoms with van der Waals surface area (Å²) in [5, 5.41) is 12.7. The van der Waals surface area contributed by atoms with Gasteiger partial charge in [0, 0.05) is 25.7 Å². The van der Waals surface area contributed by atoms with Gasteiger partial charge in [-0.3, -0.25) is 14.4 Å². The summed E-state index contributed by atoms with van der Waals surface area (Å²) in [6, 6.07) is 0. The lowest BCUT2D eigenvalue weighted by molar-refractivity contribution is -0.250. The molecule has 1 unspecified atom stereocenters. The van der Waals surface area contributed by atoms with Crippen LogP contribution >= 0.6 is 0 Å². The first kappa shape index (κ1) is 18.7. The fourth-order valence-electron chi connectivity index (χ4n) is 2.16. The van der Waals surface area contributed by atoms with Gasteiger partial charge in [-0.2, -0.15) is 0 Å². The average molecular weight is 331 g/mol. The Hall–Kier alpha value is -2.36. The zero-order valence-electron chi connectivity index (χ0n) is 12.7. The molecule has 0 amide bonds. The van der Waals surface area contributed by atoms with Gasteiger partial charge in [0.15, 0.2) is 24.5 Å². The van der Waals surface area contributed by atoms with Gasteiger partial charge >= 0.3 is 17.9 Å². The molecule has 1 fully saturated rings. The molecule has 1 rings (SSSR count). The van der Waals surface area contributed by atoms with Crippen LogP contribution in [0.2, 0.25) is 0 Å². The fraction of sp³-hybridized carbons (Fsp3) is 0.750. The molecule has 0 spiro atoms. The first-order valence-corrected chi connectivity index (χ1v) is 6.62. The maximum Gasteiger partial charge on any atom is 0.303 e. The summed E-state index contributed by atoms with van der Waals surface area (Å²) < 4.78 is 20.4. The Bertz CT molecular complexity index is 518. The lowest BCUT2D eigenvalue weighted by Crippen LogP contribution is -2.61. The first-order valence-electron chi connectivity index (χ1n) is 6.62. The maximum absolute atomic E-state index is 11.3. The number of ether oxygens (including phenoxy) is 4. The van der Waals surface area contributed by atoms with Gasteiger partial charge < -0.3 is 24.1 Å². The molecule has 1 aliphatic rings. The van der Waals surface area contributed by atoms with Crippen molar-refractivity contribution >= 4 is 17.9 Å². The summed E-state index contributed by atoms with van der Waals surface area (Å²) in [6.07, 6.45) is -6.38. The fourth-order valence-corrected chi connectivity index (χ4v) is 2.16. The Morgan fingerprint density at radius 2 is 1.52 bits per heavy atom. The molecule has 0 bridgehead atoms. The van der Waals surface area contributed by atoms with Crippen molar-refractivity contribution in [2.45, 2.75) is 51.4 Å². The zero-order chi connectivity index (χ0) is 17.6. The van der Waals surface area contributed by atoms with Crippen molar-refractivity contribution in [3.8, 4) is 0 Å². The van der Waals surface area contributed by atoms with Gasteiger partial charge in [-0.1, -0.05) is 5.11 Å². The number of hydrogen-bond donors (Lipinski definition) is 1. The van der Waals surface area contributed by atoms with Crippen LogP contribution in [0, 0.1) is 0 Å². The molecule has 1 saturated heterocycles. The van der Waals surface area contributed by atoms with Crippen LogP contribution in [0.1, 0.15) is 20.8 Å². The Morgan fingerprint density at radius 1 is 1.04 bits per heavy atom. The quantitative estimate of drug-likeness (QED) is 0.239. The summed E-state index contributed by atoms with van der Waals surface area (Å²) >= 11 is 0. The summed E-state index contributed by atoms with van der Waals surface area (Å²) in [6.45, 7) is 2.69. The highest BCUT2D eigenvalue weighted by atomic mass is 16.7. The SMILES string of the molecule is CC(=O)O[C@H]1[C@H](OC(C)=O)[C@@H](CO)OC(N=[N+]=[N-])[C@H]1OC(C)=O. The monoisotopic (exact) mass is 331 g/mol. The molecular weight excluding hydrogens is 314 g/mol. The number of rotatable bonds is 5. The number of nitrogens with zero attached hydrogens (tertiary/aromatic N) is 3. The van der Waals surface area contributed by atoms with Gasteiger partial charge in [0.05, 0.1) is 6.61 Å². The van der Waals surface area contributed by atoms with Crippen molar-refractivity contribution in [3.63, 3.8) is 0 Å². The molecule has 11 nitrogen and oxygen atoms in total. The van der Waals surface area contributed by atoms with Gasteiger partial charge in [-0.05, 0) is 5.53 Å². The largest absolute Gasteiger partial charge is 0.456 e. The molecule has 0 aromatic heterocycles. The van der Waals surface area contributed by atoms with E-state index in [1.807, 2.05) is 0 Å². The van der Waals surface area contributed by atoms with Gasteiger partial charge in [0.1, 0.15) is 6.10 Å². The molecule has 23 heavy (non-hydrogen) atoms. The zero-order valence-corrected chi connectivity index (χ0v) is 12.7. The van der Waals surface area contributed by atoms with Crippen LogP contribution in [0.15, 0.2) is 5.11 Å². The van der Waals surface area contributed by atoms with Crippen LogP contribution in [0.25, 0.3) is 10.4 Å². The van der Waals surface area contributed by atoms with Crippen LogP contribution in [-0.4, -0.2) is 60.3 Å². The van der Waals surface area contributed by atoms with Crippen molar-refractivity contribution < 1.29 is 38.4 Å². The van der Waals surface area contributed by atoms with Crippen molar-refractivity contribution in [2.75, 3.05) is 6.61 Å². The molecular formula is C12H17N3O8. The Labute approximate surface area is 131 Å². The predicted octanol–water partition coefficient (Wildman–Crippen LogP) is -0.191. The third kappa shape index (κ3) is 5.09. The van der Waals surface area contributed by atoms with Crippen LogP contribution in [0.3, 0.4) is 0 Å². The molecule has 11 heteroatoms. The van der Waals surface area contributed by atoms with E-state index in [0.29, 0.717) is 0 Å². The Kier molecular flexibility index (Phi) is 6.76. The minimum absolute atomic E-state index is 0.611. The molecule has 1 aliphatic heterocycles. The minimum atomic E-state index is -1.36. The molecule has 128 valence electrons. The first-order chi connectivity index (χ1) is 10.8. The second-order valence-corrected chi connectivity index (χ2v) is 4.67. The topological polar surface area (TPSA) is 157 Å². The van der Waals surface area contributed by atoms with Gasteiger partial charge in [-0.25, -0.2) is 0 Å². The van der Waals surface area contributed by atoms with Gasteiger partial charge in [0.2, 0.25) is 0 Å². The lowest BCUT2D eigenvalue weighted by atomic mass is 9.97. The summed E-state index contributed by atoms with van der Waals surface area (Å²) in [4.78, 5) is 36.4. The maximum atomic E-state index is 11.3. The predicted molar refractivity (Wildman–Crippen MR) is 71.6 cm³/mol. The van der Waals surface area contributed by atoms with E-state index in [0.717, 1.165) is 20.8 Å². The normalized spacial score (nSPS) is 29.8. The van der Waals surface area contributed by atoms with E-state index in [2.05, 4.69) is 10.0 Å². The number of esters is 3. The standard InChI is InChI=1S/C12H17N3O8/c1-5(17)20-9-8(4-16)23-12(14-15-13)11(22-7(3)19)10(9)21-6(2)18/h8-12,16H,4H2,1-3H3/t8-,9-,10+,11+,12?/m1/s1. The average Bonchev–Trinajstić information content (AvgIpc) is 2.43. The molecule has 1 heterocycles. The second kappa shape index (κ2) is 8.32. The van der Waals surface area contributed by atoms with E-state index in [-0.39, 0.29) is 0 Å². The van der Waals surface area contributed by atoms with Crippen molar-refractivity contribution in [1.29, 1.82) is 0 Å². The molecule has 0 radical (unpaired) electrons. The van der Waals surface area contributed by atoms with E-state index < -0.39 is 55.2 Å². The molecule has 0 aromatic rings. The highest BCUT2D eigenvalue weighted by Crippen LogP contribution is 2.29. The van der Waals surface area contributed by atoms with Crippen LogP contribution < -0.4 is 0 Å². The second-order valence-electron chi connectivity index (χ2n) is 4.67. The Balaban J connectivity index is 3.24. The van der Waals surface area contributed by atoms with E-state index in [4.69, 9.17) is 24.5 Å². The van der Waals surface area contributed by atoms with Gasteiger partial charge in [-0.15, -0.1) is 0 Å². The van der Waals surface area contributed by atoms with Crippen molar-refractivity contribution in [1.82, 2.24) is 0 Å². The Morgan fingerprint density at radius 3 is 1.96 bits per heavy atom. The molecule has 5 atom stereocenters. The number of aliphatic hydroxyl groups is 1. The highest BCUT2D eigenvalue weighted by Gasteiger charge is 2.51. The van der Waals surface area contributed by atoms with E-state index in [9.17, 15) is 19.5 Å². The van der Waals surface area contributed by atoms with E-state index in [1.54, 1.807) is 0 Å². The van der Waals surface area contributed by atoms with E-state index in [1.165, 1.54) is 0 Å². The third-order valence-corrected chi connectivity index (χ3v) is 2.86. The smallest absolute Gasteiger partial charge is 0.303 e. The highest BCUT2D eigenvalue weighted by molar-refractivity contribution is 5.68. The summed E-state index contributed by atoms with van der Waals surface area (Å²) in [5.41, 5.74) is 8.59. The number of carbonyl (C=O) groups is 3. The summed E-state index contributed by atoms with van der Waals surface area (Å²) in [7, 11) is 0. The molecule has 0 aromatic carbocycles. The lowest BCUT2D eigenvalue weighted by Gasteiger charge is -2.42. The molecule has 0 aliphatic carbocycles. The van der Waals surface area contributed by atoms with E-state index >= 15 is 0 Å². The van der Waals surface area contributed by atoms with Crippen LogP contribution in [-0.2, 0) is 33.3 Å². The van der Waals surface area contributed by atoms with Gasteiger partial charge in [0.25, 0.3) is 0 Å². The van der Waals surface area contributed by atoms with Crippen molar-refractivity contribution in [3.05, 3.63) is 10.4 Å². The minimum Gasteiger partial charge on any atom is -0.456 e. The number of azide groups is 1. The molecule has 0 saturated carbocycles. The number of aliphatic hydroxyl groups excluding tert-OH is 1. The summed E-state index contributed by atoms with van der Waals surface area (Å²) in [5.74, 6) is -2.22. The van der Waals surface area contributed by atoms with Crippen molar-refractivity contribution in [2.24, 2.45) is 5.11 Å². The third-order valence-electron chi connectivity index (χ3n) is 2.86.